The molecule has 0 saturated heterocycles. The topological polar surface area (TPSA) is 26.0 Å². The molecule has 2 aromatic carbocycles. The van der Waals surface area contributed by atoms with Crippen LogP contribution in [0.4, 0.5) is 0 Å². The van der Waals surface area contributed by atoms with E-state index >= 15 is 0 Å². The van der Waals surface area contributed by atoms with E-state index in [9.17, 15) is 0 Å². The van der Waals surface area contributed by atoms with Gasteiger partial charge in [-0.2, -0.15) is 0 Å². The van der Waals surface area contributed by atoms with Gasteiger partial charge in [0.15, 0.2) is 0 Å². The molecule has 0 fully saturated rings. The van der Waals surface area contributed by atoms with Crippen LogP contribution in [0.25, 0.3) is 0 Å². The number of hydrogen-bond donors (Lipinski definition) is 1. The van der Waals surface area contributed by atoms with Crippen LogP contribution in [-0.2, 0) is 5.41 Å². The van der Waals surface area contributed by atoms with Crippen molar-refractivity contribution in [2.24, 2.45) is 5.73 Å². The summed E-state index contributed by atoms with van der Waals surface area (Å²) in [6.45, 7) is 4.43. The minimum Gasteiger partial charge on any atom is -0.323 e. The standard InChI is InChI=1S/C18H22ClN/c1-3-18(4-2,15-8-6-5-7-9-15)17(20)14-10-12-16(19)13-11-14/h5-13,17H,3-4,20H2,1-2H3. The maximum absolute atomic E-state index is 6.63. The van der Waals surface area contributed by atoms with Crippen LogP contribution in [0.15, 0.2) is 54.6 Å². The van der Waals surface area contributed by atoms with Gasteiger partial charge in [0.25, 0.3) is 0 Å². The fourth-order valence-corrected chi connectivity index (χ4v) is 3.16. The minimum atomic E-state index is -0.0326. The highest BCUT2D eigenvalue weighted by molar-refractivity contribution is 6.30. The molecule has 0 aliphatic rings. The van der Waals surface area contributed by atoms with Crippen molar-refractivity contribution in [2.75, 3.05) is 0 Å². The summed E-state index contributed by atoms with van der Waals surface area (Å²) in [5.74, 6) is 0. The predicted molar refractivity (Wildman–Crippen MR) is 87.1 cm³/mol. The first-order chi connectivity index (χ1) is 9.64. The summed E-state index contributed by atoms with van der Waals surface area (Å²) < 4.78 is 0. The second-order valence-corrected chi connectivity index (χ2v) is 5.69. The van der Waals surface area contributed by atoms with Gasteiger partial charge in [0.2, 0.25) is 0 Å². The first-order valence-corrected chi connectivity index (χ1v) is 7.58. The summed E-state index contributed by atoms with van der Waals surface area (Å²) in [4.78, 5) is 0. The molecule has 2 rings (SSSR count). The lowest BCUT2D eigenvalue weighted by Gasteiger charge is -2.38. The van der Waals surface area contributed by atoms with Gasteiger partial charge in [0, 0.05) is 16.5 Å². The molecule has 0 saturated carbocycles. The van der Waals surface area contributed by atoms with E-state index in [0.717, 1.165) is 23.4 Å². The van der Waals surface area contributed by atoms with Gasteiger partial charge in [-0.3, -0.25) is 0 Å². The molecule has 0 radical (unpaired) electrons. The van der Waals surface area contributed by atoms with Crippen LogP contribution in [-0.4, -0.2) is 0 Å². The molecule has 0 aliphatic carbocycles. The van der Waals surface area contributed by atoms with E-state index in [1.807, 2.05) is 30.3 Å². The summed E-state index contributed by atoms with van der Waals surface area (Å²) in [6.07, 6.45) is 2.02. The van der Waals surface area contributed by atoms with Crippen LogP contribution in [0.2, 0.25) is 5.02 Å². The zero-order valence-electron chi connectivity index (χ0n) is 12.1. The average molecular weight is 288 g/mol. The first kappa shape index (κ1) is 15.1. The minimum absolute atomic E-state index is 0.0304. The van der Waals surface area contributed by atoms with Crippen LogP contribution in [0.1, 0.15) is 43.9 Å². The lowest BCUT2D eigenvalue weighted by molar-refractivity contribution is 0.322. The van der Waals surface area contributed by atoms with E-state index in [4.69, 9.17) is 17.3 Å². The Balaban J connectivity index is 2.45. The third-order valence-corrected chi connectivity index (χ3v) is 4.69. The van der Waals surface area contributed by atoms with E-state index in [0.29, 0.717) is 0 Å². The summed E-state index contributed by atoms with van der Waals surface area (Å²) in [7, 11) is 0. The van der Waals surface area contributed by atoms with Crippen molar-refractivity contribution in [1.82, 2.24) is 0 Å². The number of nitrogens with two attached hydrogens (primary N) is 1. The van der Waals surface area contributed by atoms with Crippen molar-refractivity contribution in [3.8, 4) is 0 Å². The van der Waals surface area contributed by atoms with Crippen LogP contribution in [0.5, 0.6) is 0 Å². The van der Waals surface area contributed by atoms with Crippen molar-refractivity contribution in [3.63, 3.8) is 0 Å². The largest absolute Gasteiger partial charge is 0.323 e. The molecular formula is C18H22ClN. The fourth-order valence-electron chi connectivity index (χ4n) is 3.04. The number of benzene rings is 2. The molecule has 0 amide bonds. The quantitative estimate of drug-likeness (QED) is 0.813. The third-order valence-electron chi connectivity index (χ3n) is 4.43. The molecular weight excluding hydrogens is 266 g/mol. The highest BCUT2D eigenvalue weighted by Gasteiger charge is 2.35. The zero-order chi connectivity index (χ0) is 14.6. The number of halogens is 1. The van der Waals surface area contributed by atoms with Crippen LogP contribution >= 0.6 is 11.6 Å². The SMILES string of the molecule is CCC(CC)(c1ccccc1)C(N)c1ccc(Cl)cc1. The predicted octanol–water partition coefficient (Wildman–Crippen LogP) is 5.10. The maximum Gasteiger partial charge on any atom is 0.0406 e. The maximum atomic E-state index is 6.63. The molecule has 0 aliphatic heterocycles. The molecule has 2 aromatic rings. The van der Waals surface area contributed by atoms with Crippen molar-refractivity contribution < 1.29 is 0 Å². The van der Waals surface area contributed by atoms with Gasteiger partial charge in [-0.1, -0.05) is 67.9 Å². The summed E-state index contributed by atoms with van der Waals surface area (Å²) in [5, 5.41) is 0.749. The van der Waals surface area contributed by atoms with Gasteiger partial charge in [-0.25, -0.2) is 0 Å². The van der Waals surface area contributed by atoms with E-state index in [2.05, 4.69) is 38.1 Å². The fraction of sp³-hybridized carbons (Fsp3) is 0.333. The van der Waals surface area contributed by atoms with Gasteiger partial charge in [0.1, 0.15) is 0 Å². The number of rotatable bonds is 5. The molecule has 1 nitrogen and oxygen atoms in total. The molecule has 2 N–H and O–H groups in total. The molecule has 0 bridgehead atoms. The lowest BCUT2D eigenvalue weighted by Crippen LogP contribution is -2.37. The Hall–Kier alpha value is -1.31. The Kier molecular flexibility index (Phi) is 4.85. The Labute approximate surface area is 126 Å². The summed E-state index contributed by atoms with van der Waals surface area (Å²) in [6, 6.07) is 18.5. The van der Waals surface area contributed by atoms with E-state index in [1.165, 1.54) is 5.56 Å². The Bertz CT molecular complexity index is 529. The summed E-state index contributed by atoms with van der Waals surface area (Å²) in [5.41, 5.74) is 9.05. The molecule has 20 heavy (non-hydrogen) atoms. The van der Waals surface area contributed by atoms with Gasteiger partial charge in [0.05, 0.1) is 0 Å². The molecule has 0 spiro atoms. The van der Waals surface area contributed by atoms with Gasteiger partial charge >= 0.3 is 0 Å². The van der Waals surface area contributed by atoms with Crippen LogP contribution in [0, 0.1) is 0 Å². The average Bonchev–Trinajstić information content (AvgIpc) is 2.51. The monoisotopic (exact) mass is 287 g/mol. The number of hydrogen-bond acceptors (Lipinski definition) is 1. The zero-order valence-corrected chi connectivity index (χ0v) is 12.9. The smallest absolute Gasteiger partial charge is 0.0406 e. The Morgan fingerprint density at radius 2 is 1.50 bits per heavy atom. The summed E-state index contributed by atoms with van der Waals surface area (Å²) >= 11 is 5.97. The van der Waals surface area contributed by atoms with E-state index in [-0.39, 0.29) is 11.5 Å². The molecule has 1 atom stereocenters. The van der Waals surface area contributed by atoms with Gasteiger partial charge in [-0.15, -0.1) is 0 Å². The van der Waals surface area contributed by atoms with Gasteiger partial charge in [-0.05, 0) is 36.1 Å². The van der Waals surface area contributed by atoms with Crippen molar-refractivity contribution in [1.29, 1.82) is 0 Å². The normalized spacial score (nSPS) is 13.2. The highest BCUT2D eigenvalue weighted by atomic mass is 35.5. The molecule has 1 unspecified atom stereocenters. The van der Waals surface area contributed by atoms with Crippen molar-refractivity contribution in [2.45, 2.75) is 38.1 Å². The van der Waals surface area contributed by atoms with E-state index < -0.39 is 0 Å². The second-order valence-electron chi connectivity index (χ2n) is 5.26. The van der Waals surface area contributed by atoms with E-state index in [1.54, 1.807) is 0 Å². The highest BCUT2D eigenvalue weighted by Crippen LogP contribution is 2.41. The van der Waals surface area contributed by atoms with Gasteiger partial charge < -0.3 is 5.73 Å². The second kappa shape index (κ2) is 6.43. The Morgan fingerprint density at radius 1 is 0.950 bits per heavy atom. The molecule has 0 heterocycles. The first-order valence-electron chi connectivity index (χ1n) is 7.20. The van der Waals surface area contributed by atoms with Crippen LogP contribution in [0.3, 0.4) is 0 Å². The van der Waals surface area contributed by atoms with Crippen molar-refractivity contribution >= 4 is 11.6 Å². The molecule has 0 aromatic heterocycles. The van der Waals surface area contributed by atoms with Crippen molar-refractivity contribution in [3.05, 3.63) is 70.7 Å². The molecule has 2 heteroatoms. The third kappa shape index (κ3) is 2.74. The Morgan fingerprint density at radius 3 is 2.00 bits per heavy atom. The van der Waals surface area contributed by atoms with Crippen LogP contribution < -0.4 is 5.73 Å². The molecule has 106 valence electrons. The lowest BCUT2D eigenvalue weighted by atomic mass is 9.68.